The number of aryl methyl sites for hydroxylation is 2. The van der Waals surface area contributed by atoms with Crippen LogP contribution in [0.5, 0.6) is 0 Å². The molecule has 7 nitrogen and oxygen atoms in total. The zero-order valence-electron chi connectivity index (χ0n) is 16.5. The van der Waals surface area contributed by atoms with Crippen molar-refractivity contribution in [3.8, 4) is 0 Å². The lowest BCUT2D eigenvalue weighted by Crippen LogP contribution is -2.39. The summed E-state index contributed by atoms with van der Waals surface area (Å²) in [7, 11) is 0. The van der Waals surface area contributed by atoms with Crippen LogP contribution in [0.4, 0.5) is 16.0 Å². The van der Waals surface area contributed by atoms with Gasteiger partial charge in [0.15, 0.2) is 0 Å². The van der Waals surface area contributed by atoms with Crippen LogP contribution in [-0.2, 0) is 22.4 Å². The minimum absolute atomic E-state index is 0.135. The Kier molecular flexibility index (Phi) is 5.62. The first-order valence-electron chi connectivity index (χ1n) is 10.0. The van der Waals surface area contributed by atoms with Crippen molar-refractivity contribution in [2.75, 3.05) is 42.6 Å². The van der Waals surface area contributed by atoms with Crippen LogP contribution in [-0.4, -0.2) is 48.7 Å². The van der Waals surface area contributed by atoms with Crippen LogP contribution < -0.4 is 15.4 Å². The monoisotopic (exact) mass is 400 g/mol. The van der Waals surface area contributed by atoms with Gasteiger partial charge in [-0.3, -0.25) is 14.6 Å². The molecule has 0 radical (unpaired) electrons. The number of H-pyrrole nitrogens is 1. The summed E-state index contributed by atoms with van der Waals surface area (Å²) in [6.07, 6.45) is 1.98. The molecule has 4 rings (SSSR count). The molecule has 3 heterocycles. The Morgan fingerprint density at radius 2 is 2.07 bits per heavy atom. The number of carbonyl (C=O) groups excluding carboxylic acids is 1. The first-order valence-corrected chi connectivity index (χ1v) is 10.0. The summed E-state index contributed by atoms with van der Waals surface area (Å²) in [6.45, 7) is 4.85. The number of amides is 1. The molecule has 0 atom stereocenters. The molecule has 1 aromatic carbocycles. The molecule has 1 saturated heterocycles. The van der Waals surface area contributed by atoms with Gasteiger partial charge in [-0.25, -0.2) is 9.37 Å². The van der Waals surface area contributed by atoms with Crippen molar-refractivity contribution in [2.24, 2.45) is 0 Å². The molecular formula is C21H25FN4O3. The van der Waals surface area contributed by atoms with Crippen molar-refractivity contribution in [3.05, 3.63) is 51.2 Å². The van der Waals surface area contributed by atoms with E-state index < -0.39 is 0 Å². The van der Waals surface area contributed by atoms with Crippen LogP contribution >= 0.6 is 0 Å². The molecule has 0 saturated carbocycles. The summed E-state index contributed by atoms with van der Waals surface area (Å²) in [6, 6.07) is 4.92. The van der Waals surface area contributed by atoms with Crippen molar-refractivity contribution < 1.29 is 13.9 Å². The number of ether oxygens (including phenoxy) is 1. The van der Waals surface area contributed by atoms with Crippen LogP contribution in [0.1, 0.15) is 29.7 Å². The molecule has 1 fully saturated rings. The average molecular weight is 400 g/mol. The second kappa shape index (κ2) is 8.32. The summed E-state index contributed by atoms with van der Waals surface area (Å²) in [4.78, 5) is 36.3. The minimum Gasteiger partial charge on any atom is -0.378 e. The van der Waals surface area contributed by atoms with Gasteiger partial charge in [0.2, 0.25) is 11.9 Å². The van der Waals surface area contributed by atoms with E-state index in [4.69, 9.17) is 4.74 Å². The maximum absolute atomic E-state index is 14.3. The Bertz CT molecular complexity index is 969. The molecular weight excluding hydrogens is 375 g/mol. The second-order valence-corrected chi connectivity index (χ2v) is 7.45. The lowest BCUT2D eigenvalue weighted by molar-refractivity contribution is -0.118. The standard InChI is InChI=1S/C21H25FN4O3/c1-14-16(20(28)24-21(23-14)25-10-12-29-13-11-25)7-8-18(27)26-9-3-5-15-4-2-6-17(22)19(15)26/h2,4,6H,3,5,7-13H2,1H3,(H,23,24,28). The van der Waals surface area contributed by atoms with Crippen molar-refractivity contribution >= 4 is 17.5 Å². The fraction of sp³-hybridized carbons (Fsp3) is 0.476. The maximum Gasteiger partial charge on any atom is 0.255 e. The number of rotatable bonds is 4. The number of aromatic amines is 1. The number of anilines is 2. The zero-order chi connectivity index (χ0) is 20.4. The molecule has 1 amide bonds. The number of morpholine rings is 1. The first-order chi connectivity index (χ1) is 14.0. The Labute approximate surface area is 168 Å². The van der Waals surface area contributed by atoms with Gasteiger partial charge in [-0.2, -0.15) is 0 Å². The maximum atomic E-state index is 14.3. The van der Waals surface area contributed by atoms with Gasteiger partial charge >= 0.3 is 0 Å². The van der Waals surface area contributed by atoms with Gasteiger partial charge in [0.1, 0.15) is 5.82 Å². The number of aromatic nitrogens is 2. The molecule has 8 heteroatoms. The van der Waals surface area contributed by atoms with Crippen molar-refractivity contribution in [1.82, 2.24) is 9.97 Å². The molecule has 0 spiro atoms. The second-order valence-electron chi connectivity index (χ2n) is 7.45. The number of hydrogen-bond donors (Lipinski definition) is 1. The Morgan fingerprint density at radius 3 is 2.83 bits per heavy atom. The third-order valence-electron chi connectivity index (χ3n) is 5.58. The van der Waals surface area contributed by atoms with Crippen molar-refractivity contribution in [1.29, 1.82) is 0 Å². The summed E-state index contributed by atoms with van der Waals surface area (Å²) in [5, 5.41) is 0. The zero-order valence-corrected chi connectivity index (χ0v) is 16.5. The molecule has 2 aromatic rings. The number of nitrogens with one attached hydrogen (secondary N) is 1. The summed E-state index contributed by atoms with van der Waals surface area (Å²) < 4.78 is 19.7. The fourth-order valence-corrected chi connectivity index (χ4v) is 4.03. The normalized spacial score (nSPS) is 16.6. The van der Waals surface area contributed by atoms with E-state index >= 15 is 0 Å². The summed E-state index contributed by atoms with van der Waals surface area (Å²) in [5.74, 6) is -0.00822. The number of fused-ring (bicyclic) bond motifs is 1. The summed E-state index contributed by atoms with van der Waals surface area (Å²) >= 11 is 0. The highest BCUT2D eigenvalue weighted by molar-refractivity contribution is 5.94. The average Bonchev–Trinajstić information content (AvgIpc) is 2.73. The van der Waals surface area contributed by atoms with Crippen molar-refractivity contribution in [3.63, 3.8) is 0 Å². The van der Waals surface area contributed by atoms with E-state index in [1.54, 1.807) is 13.0 Å². The topological polar surface area (TPSA) is 78.5 Å². The highest BCUT2D eigenvalue weighted by Crippen LogP contribution is 2.30. The number of para-hydroxylation sites is 1. The van der Waals surface area contributed by atoms with Gasteiger partial charge in [-0.05, 0) is 37.8 Å². The third-order valence-corrected chi connectivity index (χ3v) is 5.58. The highest BCUT2D eigenvalue weighted by Gasteiger charge is 2.26. The Hall–Kier alpha value is -2.74. The molecule has 29 heavy (non-hydrogen) atoms. The van der Waals surface area contributed by atoms with Crippen LogP contribution in [0.3, 0.4) is 0 Å². The van der Waals surface area contributed by atoms with Crippen LogP contribution in [0.25, 0.3) is 0 Å². The molecule has 0 unspecified atom stereocenters. The number of benzene rings is 1. The minimum atomic E-state index is -0.374. The van der Waals surface area contributed by atoms with Gasteiger partial charge in [0, 0.05) is 37.3 Å². The quantitative estimate of drug-likeness (QED) is 0.849. The number of carbonyl (C=O) groups is 1. The van der Waals surface area contributed by atoms with Crippen LogP contribution in [0.2, 0.25) is 0 Å². The van der Waals surface area contributed by atoms with E-state index in [0.717, 1.165) is 18.4 Å². The summed E-state index contributed by atoms with van der Waals surface area (Å²) in [5.41, 5.74) is 2.14. The molecule has 0 aliphatic carbocycles. The van der Waals surface area contributed by atoms with Crippen LogP contribution in [0, 0.1) is 12.7 Å². The van der Waals surface area contributed by atoms with Crippen LogP contribution in [0.15, 0.2) is 23.0 Å². The third kappa shape index (κ3) is 4.03. The lowest BCUT2D eigenvalue weighted by atomic mass is 10.0. The highest BCUT2D eigenvalue weighted by atomic mass is 19.1. The molecule has 1 N–H and O–H groups in total. The van der Waals surface area contributed by atoms with E-state index in [2.05, 4.69) is 9.97 Å². The number of nitrogens with zero attached hydrogens (tertiary/aromatic N) is 3. The Morgan fingerprint density at radius 1 is 1.28 bits per heavy atom. The van der Waals surface area contributed by atoms with Gasteiger partial charge < -0.3 is 14.5 Å². The molecule has 2 aliphatic heterocycles. The molecule has 1 aromatic heterocycles. The van der Waals surface area contributed by atoms with E-state index in [0.29, 0.717) is 55.7 Å². The fourth-order valence-electron chi connectivity index (χ4n) is 4.03. The van der Waals surface area contributed by atoms with Gasteiger partial charge in [0.25, 0.3) is 5.56 Å². The predicted molar refractivity (Wildman–Crippen MR) is 108 cm³/mol. The van der Waals surface area contributed by atoms with Crippen molar-refractivity contribution in [2.45, 2.75) is 32.6 Å². The number of hydrogen-bond acceptors (Lipinski definition) is 5. The van der Waals surface area contributed by atoms with Gasteiger partial charge in [-0.15, -0.1) is 0 Å². The van der Waals surface area contributed by atoms with E-state index in [9.17, 15) is 14.0 Å². The Balaban J connectivity index is 1.48. The smallest absolute Gasteiger partial charge is 0.255 e. The lowest BCUT2D eigenvalue weighted by Gasteiger charge is -2.30. The molecule has 154 valence electrons. The SMILES string of the molecule is Cc1nc(N2CCOCC2)[nH]c(=O)c1CCC(=O)N1CCCc2cccc(F)c21. The first kappa shape index (κ1) is 19.6. The largest absolute Gasteiger partial charge is 0.378 e. The van der Waals surface area contributed by atoms with E-state index in [-0.39, 0.29) is 30.1 Å². The molecule has 2 aliphatic rings. The number of halogens is 1. The molecule has 0 bridgehead atoms. The van der Waals surface area contributed by atoms with E-state index in [1.807, 2.05) is 11.0 Å². The predicted octanol–water partition coefficient (Wildman–Crippen LogP) is 1.97. The van der Waals surface area contributed by atoms with Gasteiger partial charge in [-0.1, -0.05) is 12.1 Å². The van der Waals surface area contributed by atoms with Gasteiger partial charge in [0.05, 0.1) is 18.9 Å². The van der Waals surface area contributed by atoms with E-state index in [1.165, 1.54) is 11.0 Å².